The molecule has 0 aliphatic carbocycles. The highest BCUT2D eigenvalue weighted by Crippen LogP contribution is 2.24. The van der Waals surface area contributed by atoms with Crippen molar-refractivity contribution >= 4 is 17.7 Å². The van der Waals surface area contributed by atoms with Crippen LogP contribution in [-0.2, 0) is 13.6 Å². The number of furan rings is 1. The topological polar surface area (TPSA) is 83.5 Å². The number of thioether (sulfide) groups is 1. The van der Waals surface area contributed by atoms with E-state index in [1.165, 1.54) is 12.8 Å². The molecule has 1 aliphatic rings. The van der Waals surface area contributed by atoms with Gasteiger partial charge >= 0.3 is 0 Å². The van der Waals surface area contributed by atoms with Crippen molar-refractivity contribution in [2.24, 2.45) is 12.0 Å². The van der Waals surface area contributed by atoms with Crippen LogP contribution in [-0.4, -0.2) is 63.8 Å². The van der Waals surface area contributed by atoms with Crippen molar-refractivity contribution in [2.45, 2.75) is 38.8 Å². The van der Waals surface area contributed by atoms with Gasteiger partial charge in [-0.3, -0.25) is 4.90 Å². The zero-order chi connectivity index (χ0) is 20.5. The van der Waals surface area contributed by atoms with Gasteiger partial charge in [-0.1, -0.05) is 0 Å². The molecular weight excluding hydrogens is 386 g/mol. The van der Waals surface area contributed by atoms with Crippen molar-refractivity contribution in [1.29, 1.82) is 0 Å². The minimum atomic E-state index is 0.211. The van der Waals surface area contributed by atoms with Crippen molar-refractivity contribution in [3.8, 4) is 0 Å². The first kappa shape index (κ1) is 21.7. The normalized spacial score (nSPS) is 16.3. The van der Waals surface area contributed by atoms with E-state index in [9.17, 15) is 0 Å². The summed E-state index contributed by atoms with van der Waals surface area (Å²) < 4.78 is 7.71. The van der Waals surface area contributed by atoms with Crippen molar-refractivity contribution in [3.05, 3.63) is 35.8 Å². The fourth-order valence-electron chi connectivity index (χ4n) is 3.47. The van der Waals surface area contributed by atoms with Crippen LogP contribution < -0.4 is 10.6 Å². The molecule has 1 fully saturated rings. The number of guanidine groups is 1. The second-order valence-electron chi connectivity index (χ2n) is 7.32. The van der Waals surface area contributed by atoms with Gasteiger partial charge in [0.2, 0.25) is 0 Å². The zero-order valence-electron chi connectivity index (χ0n) is 17.7. The Hall–Kier alpha value is -2.00. The maximum Gasteiger partial charge on any atom is 0.191 e. The Bertz CT molecular complexity index is 753. The van der Waals surface area contributed by atoms with Crippen LogP contribution in [0.15, 0.2) is 27.8 Å². The average molecular weight is 420 g/mol. The average Bonchev–Trinajstić information content (AvgIpc) is 3.49. The third-order valence-corrected chi connectivity index (χ3v) is 5.99. The van der Waals surface area contributed by atoms with Crippen molar-refractivity contribution in [2.75, 3.05) is 38.2 Å². The first-order valence-corrected chi connectivity index (χ1v) is 11.7. The fraction of sp³-hybridized carbons (Fsp3) is 0.650. The first-order chi connectivity index (χ1) is 14.2. The molecule has 3 heterocycles. The lowest BCUT2D eigenvalue weighted by molar-refractivity contribution is 0.215. The van der Waals surface area contributed by atoms with Crippen LogP contribution >= 0.6 is 11.8 Å². The van der Waals surface area contributed by atoms with Crippen LogP contribution in [0.25, 0.3) is 0 Å². The highest BCUT2D eigenvalue weighted by Gasteiger charge is 2.25. The van der Waals surface area contributed by atoms with Crippen molar-refractivity contribution in [1.82, 2.24) is 30.3 Å². The number of hydrogen-bond donors (Lipinski definition) is 2. The molecule has 29 heavy (non-hydrogen) atoms. The van der Waals surface area contributed by atoms with E-state index < -0.39 is 0 Å². The van der Waals surface area contributed by atoms with E-state index in [0.717, 1.165) is 61.7 Å². The van der Waals surface area contributed by atoms with Crippen LogP contribution in [0.3, 0.4) is 0 Å². The molecule has 1 saturated heterocycles. The molecule has 1 unspecified atom stereocenters. The van der Waals surface area contributed by atoms with Crippen LogP contribution in [0.2, 0.25) is 0 Å². The molecular formula is C20H33N7OS. The van der Waals surface area contributed by atoms with Crippen molar-refractivity contribution in [3.63, 3.8) is 0 Å². The molecule has 2 N–H and O–H groups in total. The van der Waals surface area contributed by atoms with E-state index in [4.69, 9.17) is 9.41 Å². The number of aryl methyl sites for hydroxylation is 1. The molecule has 0 aromatic carbocycles. The van der Waals surface area contributed by atoms with E-state index in [1.807, 2.05) is 36.4 Å². The summed E-state index contributed by atoms with van der Waals surface area (Å²) in [6, 6.07) is 4.24. The second kappa shape index (κ2) is 11.3. The molecule has 2 aromatic rings. The summed E-state index contributed by atoms with van der Waals surface area (Å²) >= 11 is 1.86. The monoisotopic (exact) mass is 419 g/mol. The summed E-state index contributed by atoms with van der Waals surface area (Å²) in [5.41, 5.74) is 0. The highest BCUT2D eigenvalue weighted by atomic mass is 32.2. The van der Waals surface area contributed by atoms with E-state index in [1.54, 1.807) is 6.26 Å². The Balaban J connectivity index is 1.65. The zero-order valence-corrected chi connectivity index (χ0v) is 18.5. The van der Waals surface area contributed by atoms with Crippen LogP contribution in [0.5, 0.6) is 0 Å². The maximum atomic E-state index is 5.73. The lowest BCUT2D eigenvalue weighted by Crippen LogP contribution is -2.43. The van der Waals surface area contributed by atoms with Gasteiger partial charge in [-0.15, -0.1) is 10.2 Å². The number of nitrogens with one attached hydrogen (secondary N) is 2. The van der Waals surface area contributed by atoms with Gasteiger partial charge in [-0.2, -0.15) is 11.8 Å². The van der Waals surface area contributed by atoms with Gasteiger partial charge in [-0.05, 0) is 63.4 Å². The molecule has 8 nitrogen and oxygen atoms in total. The maximum absolute atomic E-state index is 5.73. The molecule has 160 valence electrons. The molecule has 0 bridgehead atoms. The number of aromatic nitrogens is 3. The lowest BCUT2D eigenvalue weighted by atomic mass is 10.2. The quantitative estimate of drug-likeness (QED) is 0.347. The summed E-state index contributed by atoms with van der Waals surface area (Å²) in [5.74, 6) is 4.69. The van der Waals surface area contributed by atoms with E-state index in [-0.39, 0.29) is 6.04 Å². The summed E-state index contributed by atoms with van der Waals surface area (Å²) in [5, 5.41) is 15.3. The van der Waals surface area contributed by atoms with Crippen molar-refractivity contribution < 1.29 is 4.42 Å². The van der Waals surface area contributed by atoms with Gasteiger partial charge in [0.05, 0.1) is 12.3 Å². The minimum absolute atomic E-state index is 0.211. The fourth-order valence-corrected chi connectivity index (χ4v) is 3.91. The van der Waals surface area contributed by atoms with Crippen LogP contribution in [0.1, 0.15) is 42.7 Å². The Labute approximate surface area is 177 Å². The summed E-state index contributed by atoms with van der Waals surface area (Å²) in [6.07, 6.45) is 7.48. The summed E-state index contributed by atoms with van der Waals surface area (Å²) in [6.45, 7) is 6.30. The number of rotatable bonds is 10. The SMILES string of the molecule is CSCCCNC(=NCc1nnc(C)n1C)NCC(c1ccco1)N1CCCC1. The molecule has 1 aliphatic heterocycles. The molecule has 2 aromatic heterocycles. The molecule has 0 spiro atoms. The Morgan fingerprint density at radius 2 is 2.14 bits per heavy atom. The first-order valence-electron chi connectivity index (χ1n) is 10.3. The van der Waals surface area contributed by atoms with Gasteiger partial charge in [0.25, 0.3) is 0 Å². The Morgan fingerprint density at radius 1 is 1.31 bits per heavy atom. The molecule has 1 atom stereocenters. The standard InChI is InChI=1S/C20H33N7OS/c1-16-24-25-19(26(16)2)15-23-20(21-9-7-13-29-3)22-14-17(18-8-6-12-28-18)27-10-4-5-11-27/h6,8,12,17H,4-5,7,9-11,13-15H2,1-3H3,(H2,21,22,23). The second-order valence-corrected chi connectivity index (χ2v) is 8.30. The number of aliphatic imine (C=N–C) groups is 1. The highest BCUT2D eigenvalue weighted by molar-refractivity contribution is 7.98. The molecule has 0 saturated carbocycles. The van der Waals surface area contributed by atoms with Crippen LogP contribution in [0, 0.1) is 6.92 Å². The van der Waals surface area contributed by atoms with Crippen LogP contribution in [0.4, 0.5) is 0 Å². The molecule has 3 rings (SSSR count). The minimum Gasteiger partial charge on any atom is -0.468 e. The molecule has 0 radical (unpaired) electrons. The smallest absolute Gasteiger partial charge is 0.191 e. The summed E-state index contributed by atoms with van der Waals surface area (Å²) in [4.78, 5) is 7.25. The van der Waals surface area contributed by atoms with E-state index in [2.05, 4.69) is 38.1 Å². The van der Waals surface area contributed by atoms with E-state index >= 15 is 0 Å². The number of nitrogens with zero attached hydrogens (tertiary/aromatic N) is 5. The third-order valence-electron chi connectivity index (χ3n) is 5.29. The van der Waals surface area contributed by atoms with E-state index in [0.29, 0.717) is 6.54 Å². The van der Waals surface area contributed by atoms with Gasteiger partial charge in [0, 0.05) is 20.1 Å². The number of hydrogen-bond acceptors (Lipinski definition) is 6. The van der Waals surface area contributed by atoms with Gasteiger partial charge < -0.3 is 19.6 Å². The largest absolute Gasteiger partial charge is 0.468 e. The van der Waals surface area contributed by atoms with Gasteiger partial charge in [-0.25, -0.2) is 4.99 Å². The van der Waals surface area contributed by atoms with Gasteiger partial charge in [0.1, 0.15) is 18.1 Å². The predicted molar refractivity (Wildman–Crippen MR) is 118 cm³/mol. The number of likely N-dealkylation sites (tertiary alicyclic amines) is 1. The molecule has 9 heteroatoms. The lowest BCUT2D eigenvalue weighted by Gasteiger charge is -2.26. The Kier molecular flexibility index (Phi) is 8.42. The Morgan fingerprint density at radius 3 is 2.79 bits per heavy atom. The van der Waals surface area contributed by atoms with Gasteiger partial charge in [0.15, 0.2) is 11.8 Å². The predicted octanol–water partition coefficient (Wildman–Crippen LogP) is 2.34. The summed E-state index contributed by atoms with van der Waals surface area (Å²) in [7, 11) is 1.97. The third kappa shape index (κ3) is 6.24. The molecule has 0 amide bonds.